The zero-order valence-corrected chi connectivity index (χ0v) is 16.1. The van der Waals surface area contributed by atoms with Crippen LogP contribution in [-0.2, 0) is 11.2 Å². The van der Waals surface area contributed by atoms with Gasteiger partial charge in [0.1, 0.15) is 0 Å². The molecule has 2 amide bonds. The highest BCUT2D eigenvalue weighted by atomic mass is 16.1. The number of benzene rings is 2. The van der Waals surface area contributed by atoms with Crippen molar-refractivity contribution in [3.63, 3.8) is 0 Å². The fourth-order valence-electron chi connectivity index (χ4n) is 3.71. The second-order valence-electron chi connectivity index (χ2n) is 6.93. The lowest BCUT2D eigenvalue weighted by Crippen LogP contribution is -2.14. The molecule has 27 heavy (non-hydrogen) atoms. The van der Waals surface area contributed by atoms with Crippen molar-refractivity contribution in [3.8, 4) is 11.1 Å². The van der Waals surface area contributed by atoms with E-state index < -0.39 is 5.91 Å². The van der Waals surface area contributed by atoms with Gasteiger partial charge in [0.2, 0.25) is 11.8 Å². The number of nitrogens with two attached hydrogens (primary N) is 1. The number of carbonyl (C=O) groups is 2. The van der Waals surface area contributed by atoms with Gasteiger partial charge in [-0.05, 0) is 85.7 Å². The predicted octanol–water partition coefficient (Wildman–Crippen LogP) is 4.63. The van der Waals surface area contributed by atoms with Gasteiger partial charge < -0.3 is 11.1 Å². The number of rotatable bonds is 4. The SMILES string of the molecule is C/C=C/C(=O)Nc1cccc(-c2ccc(C(N)=O)c3c2C(C)=C(C)C3)c1C. The maximum atomic E-state index is 12.0. The van der Waals surface area contributed by atoms with E-state index >= 15 is 0 Å². The molecule has 3 rings (SSSR count). The summed E-state index contributed by atoms with van der Waals surface area (Å²) >= 11 is 0. The summed E-state index contributed by atoms with van der Waals surface area (Å²) in [6.45, 7) is 7.98. The Balaban J connectivity index is 2.18. The summed E-state index contributed by atoms with van der Waals surface area (Å²) in [5.74, 6) is -0.552. The molecule has 0 fully saturated rings. The van der Waals surface area contributed by atoms with Crippen molar-refractivity contribution in [2.45, 2.75) is 34.1 Å². The lowest BCUT2D eigenvalue weighted by Gasteiger charge is -2.17. The Morgan fingerprint density at radius 3 is 2.48 bits per heavy atom. The van der Waals surface area contributed by atoms with E-state index in [-0.39, 0.29) is 5.91 Å². The Kier molecular flexibility index (Phi) is 5.00. The van der Waals surface area contributed by atoms with Crippen LogP contribution in [0.15, 0.2) is 48.1 Å². The van der Waals surface area contributed by atoms with Crippen LogP contribution in [0.5, 0.6) is 0 Å². The van der Waals surface area contributed by atoms with Gasteiger partial charge in [0, 0.05) is 11.3 Å². The van der Waals surface area contributed by atoms with Crippen molar-refractivity contribution in [1.82, 2.24) is 0 Å². The summed E-state index contributed by atoms with van der Waals surface area (Å²) in [5.41, 5.74) is 14.6. The number of hydrogen-bond acceptors (Lipinski definition) is 2. The summed E-state index contributed by atoms with van der Waals surface area (Å²) in [6, 6.07) is 9.64. The average Bonchev–Trinajstić information content (AvgIpc) is 2.91. The van der Waals surface area contributed by atoms with Crippen LogP contribution in [0.2, 0.25) is 0 Å². The van der Waals surface area contributed by atoms with Crippen LogP contribution < -0.4 is 11.1 Å². The summed E-state index contributed by atoms with van der Waals surface area (Å²) in [4.78, 5) is 23.8. The molecule has 4 nitrogen and oxygen atoms in total. The van der Waals surface area contributed by atoms with Gasteiger partial charge in [0.05, 0.1) is 0 Å². The Morgan fingerprint density at radius 2 is 1.81 bits per heavy atom. The van der Waals surface area contributed by atoms with Gasteiger partial charge in [-0.2, -0.15) is 0 Å². The second kappa shape index (κ2) is 7.23. The molecule has 2 aromatic rings. The molecule has 0 unspecified atom stereocenters. The molecule has 3 N–H and O–H groups in total. The molecular formula is C23H24N2O2. The smallest absolute Gasteiger partial charge is 0.249 e. The summed E-state index contributed by atoms with van der Waals surface area (Å²) in [7, 11) is 0. The quantitative estimate of drug-likeness (QED) is 0.781. The Bertz CT molecular complexity index is 1010. The molecule has 1 aliphatic rings. The Morgan fingerprint density at radius 1 is 1.07 bits per heavy atom. The summed E-state index contributed by atoms with van der Waals surface area (Å²) < 4.78 is 0. The van der Waals surface area contributed by atoms with Gasteiger partial charge in [-0.1, -0.05) is 29.8 Å². The first kappa shape index (κ1) is 18.6. The lowest BCUT2D eigenvalue weighted by atomic mass is 9.89. The largest absolute Gasteiger partial charge is 0.366 e. The van der Waals surface area contributed by atoms with Crippen LogP contribution in [0.1, 0.15) is 47.8 Å². The molecule has 0 saturated carbocycles. The minimum atomic E-state index is -0.399. The molecule has 0 spiro atoms. The first-order valence-corrected chi connectivity index (χ1v) is 9.01. The highest BCUT2D eigenvalue weighted by Gasteiger charge is 2.25. The first-order chi connectivity index (χ1) is 12.8. The van der Waals surface area contributed by atoms with Crippen molar-refractivity contribution in [2.75, 3.05) is 5.32 Å². The number of primary amides is 1. The van der Waals surface area contributed by atoms with Gasteiger partial charge in [0.25, 0.3) is 0 Å². The summed E-state index contributed by atoms with van der Waals surface area (Å²) in [5, 5.41) is 2.93. The van der Waals surface area contributed by atoms with Crippen LogP contribution >= 0.6 is 0 Å². The van der Waals surface area contributed by atoms with Crippen LogP contribution in [0, 0.1) is 6.92 Å². The first-order valence-electron chi connectivity index (χ1n) is 9.01. The molecule has 0 radical (unpaired) electrons. The molecule has 4 heteroatoms. The molecule has 0 aliphatic heterocycles. The number of amides is 2. The minimum Gasteiger partial charge on any atom is -0.366 e. The van der Waals surface area contributed by atoms with Crippen molar-refractivity contribution in [2.24, 2.45) is 5.73 Å². The monoisotopic (exact) mass is 360 g/mol. The topological polar surface area (TPSA) is 72.2 Å². The molecule has 0 saturated heterocycles. The van der Waals surface area contributed by atoms with Gasteiger partial charge >= 0.3 is 0 Å². The van der Waals surface area contributed by atoms with E-state index in [0.29, 0.717) is 5.56 Å². The minimum absolute atomic E-state index is 0.154. The fraction of sp³-hybridized carbons (Fsp3) is 0.217. The number of fused-ring (bicyclic) bond motifs is 1. The zero-order chi connectivity index (χ0) is 19.7. The van der Waals surface area contributed by atoms with Crippen LogP contribution in [0.25, 0.3) is 16.7 Å². The molecular weight excluding hydrogens is 336 g/mol. The van der Waals surface area contributed by atoms with E-state index in [9.17, 15) is 9.59 Å². The summed E-state index contributed by atoms with van der Waals surface area (Å²) in [6.07, 6.45) is 3.95. The van der Waals surface area contributed by atoms with E-state index in [4.69, 9.17) is 5.73 Å². The average molecular weight is 360 g/mol. The van der Waals surface area contributed by atoms with Crippen LogP contribution in [0.3, 0.4) is 0 Å². The van der Waals surface area contributed by atoms with Gasteiger partial charge in [-0.3, -0.25) is 9.59 Å². The van der Waals surface area contributed by atoms with Crippen LogP contribution in [-0.4, -0.2) is 11.8 Å². The van der Waals surface area contributed by atoms with E-state index in [1.54, 1.807) is 6.08 Å². The molecule has 138 valence electrons. The van der Waals surface area contributed by atoms with Gasteiger partial charge in [-0.15, -0.1) is 0 Å². The van der Waals surface area contributed by atoms with Crippen molar-refractivity contribution >= 4 is 23.1 Å². The van der Waals surface area contributed by atoms with Crippen molar-refractivity contribution < 1.29 is 9.59 Å². The standard InChI is InChI=1S/C23H24N2O2/c1-5-7-21(26)25-20-9-6-8-16(15(20)4)17-10-11-18(23(24)27)19-12-13(2)14(3)22(17)19/h5-11H,12H2,1-4H3,(H2,24,27)(H,25,26)/b7-5+. The number of carbonyl (C=O) groups excluding carboxylic acids is 2. The third-order valence-electron chi connectivity index (χ3n) is 5.24. The molecule has 2 aromatic carbocycles. The fourth-order valence-corrected chi connectivity index (χ4v) is 3.71. The van der Waals surface area contributed by atoms with E-state index in [1.165, 1.54) is 17.2 Å². The number of hydrogen-bond donors (Lipinski definition) is 2. The molecule has 0 atom stereocenters. The second-order valence-corrected chi connectivity index (χ2v) is 6.93. The van der Waals surface area contributed by atoms with E-state index in [2.05, 4.69) is 19.2 Å². The third-order valence-corrected chi connectivity index (χ3v) is 5.24. The van der Waals surface area contributed by atoms with Gasteiger partial charge in [-0.25, -0.2) is 0 Å². The maximum absolute atomic E-state index is 12.0. The number of allylic oxidation sites excluding steroid dienone is 3. The number of anilines is 1. The predicted molar refractivity (Wildman–Crippen MR) is 111 cm³/mol. The van der Waals surface area contributed by atoms with E-state index in [0.717, 1.165) is 39.9 Å². The number of nitrogens with one attached hydrogen (secondary N) is 1. The highest BCUT2D eigenvalue weighted by molar-refractivity contribution is 6.02. The molecule has 0 aromatic heterocycles. The van der Waals surface area contributed by atoms with Crippen LogP contribution in [0.4, 0.5) is 5.69 Å². The molecule has 0 heterocycles. The normalized spacial score (nSPS) is 13.2. The van der Waals surface area contributed by atoms with Crippen molar-refractivity contribution in [3.05, 3.63) is 70.3 Å². The van der Waals surface area contributed by atoms with Gasteiger partial charge in [0.15, 0.2) is 0 Å². The Hall–Kier alpha value is -3.14. The third kappa shape index (κ3) is 3.31. The highest BCUT2D eigenvalue weighted by Crippen LogP contribution is 2.42. The lowest BCUT2D eigenvalue weighted by molar-refractivity contribution is -0.111. The molecule has 1 aliphatic carbocycles. The zero-order valence-electron chi connectivity index (χ0n) is 16.1. The van der Waals surface area contributed by atoms with E-state index in [1.807, 2.05) is 44.2 Å². The Labute approximate surface area is 159 Å². The molecule has 0 bridgehead atoms. The van der Waals surface area contributed by atoms with Crippen molar-refractivity contribution in [1.29, 1.82) is 0 Å². The maximum Gasteiger partial charge on any atom is 0.249 e.